The lowest BCUT2D eigenvalue weighted by atomic mass is 10.1. The van der Waals surface area contributed by atoms with Crippen LogP contribution in [0.1, 0.15) is 11.1 Å². The van der Waals surface area contributed by atoms with E-state index in [0.717, 1.165) is 5.56 Å². The number of hydrogen-bond acceptors (Lipinski definition) is 1. The molecule has 0 spiro atoms. The summed E-state index contributed by atoms with van der Waals surface area (Å²) >= 11 is 11.5. The largest absolute Gasteiger partial charge is 0.192 e. The van der Waals surface area contributed by atoms with Gasteiger partial charge in [-0.05, 0) is 24.6 Å². The molecule has 0 bridgehead atoms. The van der Waals surface area contributed by atoms with E-state index in [9.17, 15) is 0 Å². The lowest BCUT2D eigenvalue weighted by molar-refractivity contribution is 1.42. The van der Waals surface area contributed by atoms with E-state index < -0.39 is 0 Å². The molecule has 0 fully saturated rings. The van der Waals surface area contributed by atoms with Crippen LogP contribution in [-0.2, 0) is 0 Å². The Balaban J connectivity index is 3.39. The van der Waals surface area contributed by atoms with E-state index in [2.05, 4.69) is 0 Å². The van der Waals surface area contributed by atoms with Crippen LogP contribution in [0.3, 0.4) is 0 Å². The Morgan fingerprint density at radius 3 is 2.55 bits per heavy atom. The second-order valence-electron chi connectivity index (χ2n) is 2.20. The highest BCUT2D eigenvalue weighted by Gasteiger charge is 2.03. The Bertz CT molecular complexity index is 326. The fourth-order valence-corrected chi connectivity index (χ4v) is 1.23. The van der Waals surface area contributed by atoms with Gasteiger partial charge in [0.1, 0.15) is 6.07 Å². The van der Waals surface area contributed by atoms with Gasteiger partial charge in [0.25, 0.3) is 0 Å². The Labute approximate surface area is 75.2 Å². The first-order chi connectivity index (χ1) is 5.15. The third kappa shape index (κ3) is 1.65. The SMILES string of the molecule is Cc1cc(Cl)cc(C#N)c1Cl. The maximum atomic E-state index is 8.57. The number of benzene rings is 1. The van der Waals surface area contributed by atoms with Crippen molar-refractivity contribution in [2.24, 2.45) is 0 Å². The van der Waals surface area contributed by atoms with Crippen LogP contribution in [-0.4, -0.2) is 0 Å². The average molecular weight is 186 g/mol. The van der Waals surface area contributed by atoms with Crippen molar-refractivity contribution in [3.8, 4) is 6.07 Å². The zero-order valence-corrected chi connectivity index (χ0v) is 7.37. The molecule has 0 N–H and O–H groups in total. The first kappa shape index (κ1) is 8.39. The minimum absolute atomic E-state index is 0.427. The molecule has 11 heavy (non-hydrogen) atoms. The quantitative estimate of drug-likeness (QED) is 0.610. The van der Waals surface area contributed by atoms with E-state index in [1.54, 1.807) is 12.1 Å². The number of hydrogen-bond donors (Lipinski definition) is 0. The molecule has 0 aliphatic rings. The summed E-state index contributed by atoms with van der Waals surface area (Å²) in [6.45, 7) is 1.81. The molecule has 0 aliphatic heterocycles. The van der Waals surface area contributed by atoms with Crippen LogP contribution >= 0.6 is 23.2 Å². The smallest absolute Gasteiger partial charge is 0.101 e. The van der Waals surface area contributed by atoms with Gasteiger partial charge in [0.15, 0.2) is 0 Å². The van der Waals surface area contributed by atoms with E-state index in [1.165, 1.54) is 0 Å². The maximum absolute atomic E-state index is 8.57. The average Bonchev–Trinajstić information content (AvgIpc) is 1.96. The van der Waals surface area contributed by atoms with Crippen molar-refractivity contribution in [3.63, 3.8) is 0 Å². The molecule has 0 heterocycles. The van der Waals surface area contributed by atoms with Crippen LogP contribution in [0.5, 0.6) is 0 Å². The molecule has 0 saturated carbocycles. The van der Waals surface area contributed by atoms with Crippen LogP contribution in [0.2, 0.25) is 10.0 Å². The van der Waals surface area contributed by atoms with Crippen molar-refractivity contribution in [1.82, 2.24) is 0 Å². The monoisotopic (exact) mass is 185 g/mol. The van der Waals surface area contributed by atoms with Gasteiger partial charge in [-0.25, -0.2) is 0 Å². The molecule has 3 heteroatoms. The van der Waals surface area contributed by atoms with Crippen molar-refractivity contribution < 1.29 is 0 Å². The van der Waals surface area contributed by atoms with Gasteiger partial charge in [-0.3, -0.25) is 0 Å². The van der Waals surface area contributed by atoms with Gasteiger partial charge < -0.3 is 0 Å². The third-order valence-electron chi connectivity index (χ3n) is 1.34. The molecule has 56 valence electrons. The second-order valence-corrected chi connectivity index (χ2v) is 3.01. The van der Waals surface area contributed by atoms with E-state index in [-0.39, 0.29) is 0 Å². The van der Waals surface area contributed by atoms with Crippen molar-refractivity contribution in [3.05, 3.63) is 33.3 Å². The lowest BCUT2D eigenvalue weighted by Gasteiger charge is -1.99. The summed E-state index contributed by atoms with van der Waals surface area (Å²) in [5.41, 5.74) is 1.26. The van der Waals surface area contributed by atoms with Crippen LogP contribution in [0.4, 0.5) is 0 Å². The molecule has 0 aliphatic carbocycles. The zero-order chi connectivity index (χ0) is 8.43. The first-order valence-electron chi connectivity index (χ1n) is 3.01. The molecule has 0 unspecified atom stereocenters. The molecule has 0 atom stereocenters. The molecule has 0 radical (unpaired) electrons. The molecule has 1 aromatic carbocycles. The van der Waals surface area contributed by atoms with E-state index >= 15 is 0 Å². The summed E-state index contributed by atoms with van der Waals surface area (Å²) in [5, 5.41) is 9.60. The van der Waals surface area contributed by atoms with Gasteiger partial charge in [-0.1, -0.05) is 23.2 Å². The van der Waals surface area contributed by atoms with Crippen LogP contribution in [0.25, 0.3) is 0 Å². The number of aryl methyl sites for hydroxylation is 1. The number of rotatable bonds is 0. The molecule has 0 saturated heterocycles. The molecular formula is C8H5Cl2N. The number of nitrogens with zero attached hydrogens (tertiary/aromatic N) is 1. The van der Waals surface area contributed by atoms with E-state index in [1.807, 2.05) is 13.0 Å². The van der Waals surface area contributed by atoms with Gasteiger partial charge in [-0.15, -0.1) is 0 Å². The predicted octanol–water partition coefficient (Wildman–Crippen LogP) is 3.17. The maximum Gasteiger partial charge on any atom is 0.101 e. The zero-order valence-electron chi connectivity index (χ0n) is 5.86. The summed E-state index contributed by atoms with van der Waals surface area (Å²) in [5.74, 6) is 0. The Kier molecular flexibility index (Phi) is 2.38. The Morgan fingerprint density at radius 2 is 2.00 bits per heavy atom. The van der Waals surface area contributed by atoms with Gasteiger partial charge in [0.2, 0.25) is 0 Å². The molecule has 1 aromatic rings. The third-order valence-corrected chi connectivity index (χ3v) is 2.06. The molecule has 0 aromatic heterocycles. The van der Waals surface area contributed by atoms with Crippen LogP contribution < -0.4 is 0 Å². The lowest BCUT2D eigenvalue weighted by Crippen LogP contribution is -1.81. The highest BCUT2D eigenvalue weighted by molar-refractivity contribution is 6.34. The molecule has 0 amide bonds. The van der Waals surface area contributed by atoms with Gasteiger partial charge in [-0.2, -0.15) is 5.26 Å². The standard InChI is InChI=1S/C8H5Cl2N/c1-5-2-7(9)3-6(4-11)8(5)10/h2-3H,1H3. The molecular weight excluding hydrogens is 181 g/mol. The van der Waals surface area contributed by atoms with Gasteiger partial charge >= 0.3 is 0 Å². The topological polar surface area (TPSA) is 23.8 Å². The van der Waals surface area contributed by atoms with Gasteiger partial charge in [0, 0.05) is 5.02 Å². The van der Waals surface area contributed by atoms with Gasteiger partial charge in [0.05, 0.1) is 10.6 Å². The van der Waals surface area contributed by atoms with Crippen LogP contribution in [0.15, 0.2) is 12.1 Å². The molecule has 1 nitrogen and oxygen atoms in total. The highest BCUT2D eigenvalue weighted by atomic mass is 35.5. The fourth-order valence-electron chi connectivity index (χ4n) is 0.807. The van der Waals surface area contributed by atoms with E-state index in [4.69, 9.17) is 28.5 Å². The normalized spacial score (nSPS) is 9.27. The summed E-state index contributed by atoms with van der Waals surface area (Å²) in [6.07, 6.45) is 0. The van der Waals surface area contributed by atoms with Crippen molar-refractivity contribution in [1.29, 1.82) is 5.26 Å². The molecule has 1 rings (SSSR count). The minimum Gasteiger partial charge on any atom is -0.192 e. The second kappa shape index (κ2) is 3.13. The summed E-state index contributed by atoms with van der Waals surface area (Å²) in [6, 6.07) is 5.24. The van der Waals surface area contributed by atoms with Crippen molar-refractivity contribution in [2.45, 2.75) is 6.92 Å². The first-order valence-corrected chi connectivity index (χ1v) is 3.76. The number of nitriles is 1. The highest BCUT2D eigenvalue weighted by Crippen LogP contribution is 2.24. The summed E-state index contributed by atoms with van der Waals surface area (Å²) in [7, 11) is 0. The summed E-state index contributed by atoms with van der Waals surface area (Å²) in [4.78, 5) is 0. The van der Waals surface area contributed by atoms with Crippen LogP contribution in [0, 0.1) is 18.3 Å². The van der Waals surface area contributed by atoms with E-state index in [0.29, 0.717) is 15.6 Å². The Morgan fingerprint density at radius 1 is 1.36 bits per heavy atom. The number of halogens is 2. The fraction of sp³-hybridized carbons (Fsp3) is 0.125. The van der Waals surface area contributed by atoms with Crippen molar-refractivity contribution in [2.75, 3.05) is 0 Å². The Hall–Kier alpha value is -0.710. The van der Waals surface area contributed by atoms with Crippen molar-refractivity contribution >= 4 is 23.2 Å². The minimum atomic E-state index is 0.427. The predicted molar refractivity (Wildman–Crippen MR) is 45.9 cm³/mol. The summed E-state index contributed by atoms with van der Waals surface area (Å²) < 4.78 is 0.